The predicted octanol–water partition coefficient (Wildman–Crippen LogP) is 3.65. The maximum Gasteiger partial charge on any atom is 0.227 e. The summed E-state index contributed by atoms with van der Waals surface area (Å²) in [7, 11) is 1.71. The molecule has 136 valence electrons. The molecule has 0 radical (unpaired) electrons. The molecule has 1 amide bonds. The number of amides is 1. The number of rotatable bonds is 6. The van der Waals surface area contributed by atoms with Crippen LogP contribution in [0, 0.1) is 5.41 Å². The Morgan fingerprint density at radius 2 is 2.00 bits per heavy atom. The summed E-state index contributed by atoms with van der Waals surface area (Å²) in [6.45, 7) is 5.09. The Bertz CT molecular complexity index is 543. The van der Waals surface area contributed by atoms with Crippen LogP contribution in [0.1, 0.15) is 31.2 Å². The SMILES string of the molecule is COCC1(CNC(=O)C(C)c2ccc(Cl)c(Cl)c2)CCNCC1.Cl. The van der Waals surface area contributed by atoms with E-state index in [1.54, 1.807) is 19.2 Å². The second-order valence-electron chi connectivity index (χ2n) is 6.30. The monoisotopic (exact) mass is 394 g/mol. The number of methoxy groups -OCH3 is 1. The van der Waals surface area contributed by atoms with Crippen LogP contribution in [0.5, 0.6) is 0 Å². The molecule has 4 nitrogen and oxygen atoms in total. The van der Waals surface area contributed by atoms with Gasteiger partial charge in [-0.05, 0) is 50.6 Å². The number of ether oxygens (including phenoxy) is 1. The van der Waals surface area contributed by atoms with Gasteiger partial charge in [0.2, 0.25) is 5.91 Å². The first-order chi connectivity index (χ1) is 11.0. The van der Waals surface area contributed by atoms with Gasteiger partial charge in [0.1, 0.15) is 0 Å². The molecule has 1 saturated heterocycles. The lowest BCUT2D eigenvalue weighted by molar-refractivity contribution is -0.123. The van der Waals surface area contributed by atoms with Gasteiger partial charge >= 0.3 is 0 Å². The minimum atomic E-state index is -0.272. The minimum Gasteiger partial charge on any atom is -0.384 e. The molecule has 1 unspecified atom stereocenters. The average Bonchev–Trinajstić information content (AvgIpc) is 2.56. The van der Waals surface area contributed by atoms with Crippen molar-refractivity contribution < 1.29 is 9.53 Å². The van der Waals surface area contributed by atoms with Crippen molar-refractivity contribution in [2.75, 3.05) is 33.4 Å². The van der Waals surface area contributed by atoms with Crippen molar-refractivity contribution in [3.8, 4) is 0 Å². The third kappa shape index (κ3) is 5.50. The standard InChI is InChI=1S/C17H24Cl2N2O2.ClH/c1-12(13-3-4-14(18)15(19)9-13)16(22)21-10-17(11-23-2)5-7-20-8-6-17;/h3-4,9,12,20H,5-8,10-11H2,1-2H3,(H,21,22);1H. The Kier molecular flexibility index (Phi) is 8.82. The molecule has 0 spiro atoms. The van der Waals surface area contributed by atoms with Gasteiger partial charge in [-0.25, -0.2) is 0 Å². The number of piperidine rings is 1. The van der Waals surface area contributed by atoms with Gasteiger partial charge in [0, 0.05) is 19.1 Å². The predicted molar refractivity (Wildman–Crippen MR) is 102 cm³/mol. The number of hydrogen-bond donors (Lipinski definition) is 2. The zero-order valence-corrected chi connectivity index (χ0v) is 16.4. The lowest BCUT2D eigenvalue weighted by Crippen LogP contribution is -2.47. The van der Waals surface area contributed by atoms with Crippen molar-refractivity contribution in [3.05, 3.63) is 33.8 Å². The Balaban J connectivity index is 0.00000288. The summed E-state index contributed by atoms with van der Waals surface area (Å²) in [5, 5.41) is 7.41. The van der Waals surface area contributed by atoms with E-state index in [1.165, 1.54) is 0 Å². The lowest BCUT2D eigenvalue weighted by Gasteiger charge is -2.37. The van der Waals surface area contributed by atoms with E-state index in [1.807, 2.05) is 13.0 Å². The van der Waals surface area contributed by atoms with Gasteiger partial charge in [-0.3, -0.25) is 4.79 Å². The maximum absolute atomic E-state index is 12.5. The van der Waals surface area contributed by atoms with Crippen molar-refractivity contribution in [2.45, 2.75) is 25.7 Å². The number of halogens is 3. The van der Waals surface area contributed by atoms with E-state index in [0.717, 1.165) is 31.5 Å². The Morgan fingerprint density at radius 3 is 2.58 bits per heavy atom. The van der Waals surface area contributed by atoms with Crippen LogP contribution < -0.4 is 10.6 Å². The van der Waals surface area contributed by atoms with Gasteiger partial charge < -0.3 is 15.4 Å². The first kappa shape index (κ1) is 21.5. The summed E-state index contributed by atoms with van der Waals surface area (Å²) in [6.07, 6.45) is 2.00. The average molecular weight is 396 g/mol. The first-order valence-corrected chi connectivity index (χ1v) is 8.65. The third-order valence-corrected chi connectivity index (χ3v) is 5.33. The van der Waals surface area contributed by atoms with Gasteiger partial charge in [-0.1, -0.05) is 29.3 Å². The number of carbonyl (C=O) groups is 1. The summed E-state index contributed by atoms with van der Waals surface area (Å²) < 4.78 is 5.38. The molecule has 7 heteroatoms. The normalized spacial score (nSPS) is 17.7. The molecule has 1 atom stereocenters. The van der Waals surface area contributed by atoms with Crippen LogP contribution >= 0.6 is 35.6 Å². The van der Waals surface area contributed by atoms with Crippen LogP contribution in [0.4, 0.5) is 0 Å². The Morgan fingerprint density at radius 1 is 1.33 bits per heavy atom. The van der Waals surface area contributed by atoms with E-state index in [9.17, 15) is 4.79 Å². The van der Waals surface area contributed by atoms with Crippen LogP contribution in [0.25, 0.3) is 0 Å². The molecule has 24 heavy (non-hydrogen) atoms. The first-order valence-electron chi connectivity index (χ1n) is 7.90. The van der Waals surface area contributed by atoms with E-state index >= 15 is 0 Å². The quantitative estimate of drug-likeness (QED) is 0.773. The highest BCUT2D eigenvalue weighted by Gasteiger charge is 2.33. The maximum atomic E-state index is 12.5. The molecule has 1 heterocycles. The summed E-state index contributed by atoms with van der Waals surface area (Å²) in [5.41, 5.74) is 0.885. The van der Waals surface area contributed by atoms with E-state index in [2.05, 4.69) is 10.6 Å². The molecule has 1 aliphatic rings. The fourth-order valence-corrected chi connectivity index (χ4v) is 3.30. The largest absolute Gasteiger partial charge is 0.384 e. The van der Waals surface area contributed by atoms with Gasteiger partial charge in [0.25, 0.3) is 0 Å². The summed E-state index contributed by atoms with van der Waals surface area (Å²) in [6, 6.07) is 5.32. The van der Waals surface area contributed by atoms with Crippen LogP contribution in [0.15, 0.2) is 18.2 Å². The highest BCUT2D eigenvalue weighted by Crippen LogP contribution is 2.29. The van der Waals surface area contributed by atoms with Gasteiger partial charge in [-0.15, -0.1) is 12.4 Å². The number of hydrogen-bond acceptors (Lipinski definition) is 3. The van der Waals surface area contributed by atoms with Crippen LogP contribution in [-0.4, -0.2) is 39.3 Å². The number of benzene rings is 1. The topological polar surface area (TPSA) is 50.4 Å². The van der Waals surface area contributed by atoms with Crippen LogP contribution in [0.2, 0.25) is 10.0 Å². The van der Waals surface area contributed by atoms with Gasteiger partial charge in [0.15, 0.2) is 0 Å². The molecule has 0 saturated carbocycles. The molecule has 2 rings (SSSR count). The Hall–Kier alpha value is -0.520. The molecule has 0 aliphatic carbocycles. The second-order valence-corrected chi connectivity index (χ2v) is 7.11. The fraction of sp³-hybridized carbons (Fsp3) is 0.588. The smallest absolute Gasteiger partial charge is 0.227 e. The van der Waals surface area contributed by atoms with Crippen molar-refractivity contribution in [1.82, 2.24) is 10.6 Å². The van der Waals surface area contributed by atoms with E-state index in [-0.39, 0.29) is 29.6 Å². The molecule has 0 bridgehead atoms. The molecular weight excluding hydrogens is 371 g/mol. The second kappa shape index (κ2) is 9.83. The third-order valence-electron chi connectivity index (χ3n) is 4.59. The van der Waals surface area contributed by atoms with E-state index in [0.29, 0.717) is 23.2 Å². The highest BCUT2D eigenvalue weighted by molar-refractivity contribution is 6.42. The molecule has 2 N–H and O–H groups in total. The molecule has 1 fully saturated rings. The molecule has 1 aromatic carbocycles. The molecular formula is C17H25Cl3N2O2. The van der Waals surface area contributed by atoms with Gasteiger partial charge in [0.05, 0.1) is 22.6 Å². The Labute approximate surface area is 160 Å². The van der Waals surface area contributed by atoms with Crippen LogP contribution in [0.3, 0.4) is 0 Å². The molecule has 0 aromatic heterocycles. The summed E-state index contributed by atoms with van der Waals surface area (Å²) in [5.74, 6) is -0.275. The van der Waals surface area contributed by atoms with Gasteiger partial charge in [-0.2, -0.15) is 0 Å². The van der Waals surface area contributed by atoms with E-state index in [4.69, 9.17) is 27.9 Å². The minimum absolute atomic E-state index is 0. The zero-order valence-electron chi connectivity index (χ0n) is 14.0. The summed E-state index contributed by atoms with van der Waals surface area (Å²) >= 11 is 12.0. The lowest BCUT2D eigenvalue weighted by atomic mass is 9.79. The zero-order chi connectivity index (χ0) is 16.9. The fourth-order valence-electron chi connectivity index (χ4n) is 3.00. The van der Waals surface area contributed by atoms with Crippen LogP contribution in [-0.2, 0) is 9.53 Å². The van der Waals surface area contributed by atoms with Crippen molar-refractivity contribution >= 4 is 41.5 Å². The highest BCUT2D eigenvalue weighted by atomic mass is 35.5. The summed E-state index contributed by atoms with van der Waals surface area (Å²) in [4.78, 5) is 12.5. The number of nitrogens with one attached hydrogen (secondary N) is 2. The molecule has 1 aliphatic heterocycles. The van der Waals surface area contributed by atoms with Crippen molar-refractivity contribution in [2.24, 2.45) is 5.41 Å². The van der Waals surface area contributed by atoms with Crippen molar-refractivity contribution in [3.63, 3.8) is 0 Å². The van der Waals surface area contributed by atoms with Crippen molar-refractivity contribution in [1.29, 1.82) is 0 Å². The number of carbonyl (C=O) groups excluding carboxylic acids is 1. The van der Waals surface area contributed by atoms with E-state index < -0.39 is 0 Å². The molecule has 1 aromatic rings.